The molecular weight excluding hydrogens is 508 g/mol. The molecule has 2 N–H and O–H groups in total. The molecule has 0 unspecified atom stereocenters. The highest BCUT2D eigenvalue weighted by atomic mass is 79.9. The number of halogens is 2. The van der Waals surface area contributed by atoms with E-state index >= 15 is 0 Å². The van der Waals surface area contributed by atoms with Crippen LogP contribution in [0.3, 0.4) is 0 Å². The van der Waals surface area contributed by atoms with Crippen molar-refractivity contribution in [3.63, 3.8) is 0 Å². The summed E-state index contributed by atoms with van der Waals surface area (Å²) in [7, 11) is 0. The lowest BCUT2D eigenvalue weighted by molar-refractivity contribution is 0.104. The molecule has 0 saturated heterocycles. The molecule has 32 heavy (non-hydrogen) atoms. The summed E-state index contributed by atoms with van der Waals surface area (Å²) in [4.78, 5) is 16.8. The molecule has 0 fully saturated rings. The van der Waals surface area contributed by atoms with E-state index in [4.69, 9.17) is 17.3 Å². The molecule has 4 aromatic rings. The summed E-state index contributed by atoms with van der Waals surface area (Å²) >= 11 is 10.9. The normalized spacial score (nSPS) is 11.4. The number of ketones is 1. The number of rotatable bonds is 6. The van der Waals surface area contributed by atoms with Gasteiger partial charge in [-0.2, -0.15) is 0 Å². The van der Waals surface area contributed by atoms with Gasteiger partial charge in [-0.3, -0.25) is 4.79 Å². The van der Waals surface area contributed by atoms with Crippen molar-refractivity contribution in [2.45, 2.75) is 0 Å². The van der Waals surface area contributed by atoms with Crippen molar-refractivity contribution in [3.8, 4) is 11.3 Å². The molecule has 0 bridgehead atoms. The topological polar surface area (TPSA) is 80.7 Å². The van der Waals surface area contributed by atoms with E-state index in [-0.39, 0.29) is 5.78 Å². The largest absolute Gasteiger partial charge is 0.375 e. The lowest BCUT2D eigenvalue weighted by atomic mass is 10.1. The molecule has 0 saturated carbocycles. The molecule has 0 aliphatic rings. The molecular formula is C24H16BrClN4OS. The van der Waals surface area contributed by atoms with Gasteiger partial charge in [0.15, 0.2) is 15.9 Å². The van der Waals surface area contributed by atoms with Gasteiger partial charge in [0, 0.05) is 15.6 Å². The van der Waals surface area contributed by atoms with Crippen molar-refractivity contribution >= 4 is 66.5 Å². The van der Waals surface area contributed by atoms with Crippen molar-refractivity contribution in [3.05, 3.63) is 99.5 Å². The van der Waals surface area contributed by atoms with E-state index in [1.807, 2.05) is 42.5 Å². The summed E-state index contributed by atoms with van der Waals surface area (Å²) in [5.74, 6) is -0.0901. The molecule has 0 aliphatic carbocycles. The Hall–Kier alpha value is -3.13. The molecule has 1 aromatic heterocycles. The van der Waals surface area contributed by atoms with Gasteiger partial charge in [0.05, 0.1) is 10.7 Å². The van der Waals surface area contributed by atoms with E-state index in [2.05, 4.69) is 31.1 Å². The number of hydrogen-bond acceptors (Lipinski definition) is 6. The second-order valence-corrected chi connectivity index (χ2v) is 9.01. The average Bonchev–Trinajstić information content (AvgIpc) is 3.18. The first-order valence-electron chi connectivity index (χ1n) is 9.50. The van der Waals surface area contributed by atoms with Gasteiger partial charge in [0.2, 0.25) is 0 Å². The number of benzene rings is 3. The van der Waals surface area contributed by atoms with Crippen molar-refractivity contribution in [2.75, 3.05) is 5.73 Å². The molecule has 5 nitrogen and oxygen atoms in total. The average molecular weight is 524 g/mol. The van der Waals surface area contributed by atoms with Crippen LogP contribution in [-0.2, 0) is 0 Å². The molecule has 0 aliphatic heterocycles. The number of anilines is 1. The molecule has 0 spiro atoms. The molecule has 8 heteroatoms. The van der Waals surface area contributed by atoms with E-state index in [0.29, 0.717) is 32.1 Å². The van der Waals surface area contributed by atoms with Crippen LogP contribution in [0.2, 0.25) is 5.02 Å². The number of azo groups is 1. The summed E-state index contributed by atoms with van der Waals surface area (Å²) < 4.78 is 0.991. The first kappa shape index (κ1) is 22.1. The maximum atomic E-state index is 12.4. The summed E-state index contributed by atoms with van der Waals surface area (Å²) in [5, 5.41) is 10.1. The van der Waals surface area contributed by atoms with Crippen LogP contribution < -0.4 is 5.73 Å². The Balaban J connectivity index is 1.49. The maximum Gasteiger partial charge on any atom is 0.185 e. The van der Waals surface area contributed by atoms with Crippen molar-refractivity contribution in [1.82, 2.24) is 4.98 Å². The SMILES string of the molecule is Nc1nc(-c2ccccc2Cl)c(N=Nc2ccc(C(=O)/C=C/c3ccc(Br)cc3)cc2)s1. The minimum atomic E-state index is -0.0901. The Morgan fingerprint density at radius 2 is 1.72 bits per heavy atom. The number of nitrogens with zero attached hydrogens (tertiary/aromatic N) is 3. The van der Waals surface area contributed by atoms with Crippen LogP contribution >= 0.6 is 38.9 Å². The second kappa shape index (κ2) is 9.99. The summed E-state index contributed by atoms with van der Waals surface area (Å²) in [5.41, 5.74) is 9.34. The van der Waals surface area contributed by atoms with Gasteiger partial charge in [-0.05, 0) is 54.1 Å². The molecule has 0 radical (unpaired) electrons. The Labute approximate surface area is 202 Å². The van der Waals surface area contributed by atoms with Gasteiger partial charge >= 0.3 is 0 Å². The van der Waals surface area contributed by atoms with Gasteiger partial charge in [0.1, 0.15) is 5.69 Å². The number of carbonyl (C=O) groups excluding carboxylic acids is 1. The minimum Gasteiger partial charge on any atom is -0.375 e. The highest BCUT2D eigenvalue weighted by Gasteiger charge is 2.14. The Kier molecular flexibility index (Phi) is 6.90. The molecule has 158 valence electrons. The summed E-state index contributed by atoms with van der Waals surface area (Å²) in [6, 6.07) is 22.0. The maximum absolute atomic E-state index is 12.4. The Morgan fingerprint density at radius 1 is 1.00 bits per heavy atom. The third-order valence-electron chi connectivity index (χ3n) is 4.46. The van der Waals surface area contributed by atoms with E-state index in [1.165, 1.54) is 11.3 Å². The fraction of sp³-hybridized carbons (Fsp3) is 0. The fourth-order valence-electron chi connectivity index (χ4n) is 2.86. The van der Waals surface area contributed by atoms with Gasteiger partial charge in [-0.15, -0.1) is 10.2 Å². The first-order valence-corrected chi connectivity index (χ1v) is 11.5. The lowest BCUT2D eigenvalue weighted by Gasteiger charge is -2.01. The van der Waals surface area contributed by atoms with Gasteiger partial charge in [0.25, 0.3) is 0 Å². The smallest absolute Gasteiger partial charge is 0.185 e. The van der Waals surface area contributed by atoms with Crippen LogP contribution in [-0.4, -0.2) is 10.8 Å². The number of nitrogens with two attached hydrogens (primary N) is 1. The van der Waals surface area contributed by atoms with E-state index < -0.39 is 0 Å². The number of thiazole rings is 1. The highest BCUT2D eigenvalue weighted by molar-refractivity contribution is 9.10. The molecule has 0 atom stereocenters. The highest BCUT2D eigenvalue weighted by Crippen LogP contribution is 2.40. The number of aromatic nitrogens is 1. The molecule has 4 rings (SSSR count). The number of hydrogen-bond donors (Lipinski definition) is 1. The summed E-state index contributed by atoms with van der Waals surface area (Å²) in [6.45, 7) is 0. The zero-order chi connectivity index (χ0) is 22.5. The Bertz CT molecular complexity index is 1310. The van der Waals surface area contributed by atoms with Gasteiger partial charge < -0.3 is 5.73 Å². The minimum absolute atomic E-state index is 0.0901. The van der Waals surface area contributed by atoms with Gasteiger partial charge in [-0.25, -0.2) is 4.98 Å². The lowest BCUT2D eigenvalue weighted by Crippen LogP contribution is -1.92. The zero-order valence-corrected chi connectivity index (χ0v) is 19.7. The van der Waals surface area contributed by atoms with E-state index in [0.717, 1.165) is 15.6 Å². The van der Waals surface area contributed by atoms with Gasteiger partial charge in [-0.1, -0.05) is 75.3 Å². The predicted molar refractivity (Wildman–Crippen MR) is 135 cm³/mol. The molecule has 0 amide bonds. The van der Waals surface area contributed by atoms with Crippen LogP contribution in [0.4, 0.5) is 15.8 Å². The number of nitrogen functional groups attached to an aromatic ring is 1. The Morgan fingerprint density at radius 3 is 2.44 bits per heavy atom. The predicted octanol–water partition coefficient (Wildman–Crippen LogP) is 8.12. The molecule has 3 aromatic carbocycles. The fourth-order valence-corrected chi connectivity index (χ4v) is 4.02. The van der Waals surface area contributed by atoms with Crippen LogP contribution in [0.1, 0.15) is 15.9 Å². The monoisotopic (exact) mass is 522 g/mol. The van der Waals surface area contributed by atoms with Crippen LogP contribution in [0.25, 0.3) is 17.3 Å². The van der Waals surface area contributed by atoms with Crippen LogP contribution in [0, 0.1) is 0 Å². The van der Waals surface area contributed by atoms with Crippen LogP contribution in [0.5, 0.6) is 0 Å². The number of allylic oxidation sites excluding steroid dienone is 1. The van der Waals surface area contributed by atoms with Crippen molar-refractivity contribution < 1.29 is 4.79 Å². The molecule has 1 heterocycles. The third-order valence-corrected chi connectivity index (χ3v) is 6.09. The van der Waals surface area contributed by atoms with E-state index in [1.54, 1.807) is 42.5 Å². The van der Waals surface area contributed by atoms with Crippen molar-refractivity contribution in [1.29, 1.82) is 0 Å². The number of carbonyl (C=O) groups is 1. The second-order valence-electron chi connectivity index (χ2n) is 6.68. The quantitative estimate of drug-likeness (QED) is 0.157. The first-order chi connectivity index (χ1) is 15.5. The summed E-state index contributed by atoms with van der Waals surface area (Å²) in [6.07, 6.45) is 3.34. The van der Waals surface area contributed by atoms with E-state index in [9.17, 15) is 4.79 Å². The van der Waals surface area contributed by atoms with Crippen LogP contribution in [0.15, 0.2) is 93.6 Å². The zero-order valence-electron chi connectivity index (χ0n) is 16.6. The third kappa shape index (κ3) is 5.37. The standard InChI is InChI=1S/C24H16BrClN4OS/c25-17-10-5-15(6-11-17)7-14-21(31)16-8-12-18(13-9-16)29-30-23-22(28-24(27)32-23)19-3-1-2-4-20(19)26/h1-14H,(H2,27,28)/b14-7+,30-29?. The van der Waals surface area contributed by atoms with Crippen molar-refractivity contribution in [2.24, 2.45) is 10.2 Å².